The molecule has 1 aliphatic heterocycles. The average Bonchev–Trinajstić information content (AvgIpc) is 3.04. The van der Waals surface area contributed by atoms with Gasteiger partial charge in [0.2, 0.25) is 0 Å². The molecule has 1 saturated carbocycles. The Bertz CT molecular complexity index is 866. The molecule has 0 aromatic heterocycles. The number of hydrogen-bond donors (Lipinski definition) is 4. The number of ether oxygens (including phenoxy) is 1. The van der Waals surface area contributed by atoms with Crippen molar-refractivity contribution in [1.82, 2.24) is 0 Å². The lowest BCUT2D eigenvalue weighted by Gasteiger charge is -2.41. The van der Waals surface area contributed by atoms with Gasteiger partial charge in [-0.3, -0.25) is 4.79 Å². The largest absolute Gasteiger partial charge is 0.508 e. The van der Waals surface area contributed by atoms with Crippen LogP contribution in [-0.4, -0.2) is 26.2 Å². The first-order valence-corrected chi connectivity index (χ1v) is 8.22. The molecule has 2 aliphatic rings. The Balaban J connectivity index is 1.90. The van der Waals surface area contributed by atoms with E-state index in [1.807, 2.05) is 0 Å². The number of benzene rings is 2. The van der Waals surface area contributed by atoms with Crippen molar-refractivity contribution in [2.75, 3.05) is 0 Å². The monoisotopic (exact) mass is 342 g/mol. The Morgan fingerprint density at radius 1 is 0.920 bits per heavy atom. The first kappa shape index (κ1) is 15.6. The highest BCUT2D eigenvalue weighted by molar-refractivity contribution is 6.06. The zero-order valence-electron chi connectivity index (χ0n) is 13.4. The molecular formula is C19H18O6. The Labute approximate surface area is 143 Å². The number of aromatic hydroxyl groups is 4. The van der Waals surface area contributed by atoms with E-state index in [0.29, 0.717) is 18.4 Å². The molecule has 1 heterocycles. The van der Waals surface area contributed by atoms with Gasteiger partial charge in [0.15, 0.2) is 17.3 Å². The summed E-state index contributed by atoms with van der Waals surface area (Å²) in [6.45, 7) is 0. The van der Waals surface area contributed by atoms with Gasteiger partial charge in [0.1, 0.15) is 28.9 Å². The smallest absolute Gasteiger partial charge is 0.180 e. The zero-order valence-corrected chi connectivity index (χ0v) is 13.4. The van der Waals surface area contributed by atoms with Crippen LogP contribution in [0.2, 0.25) is 0 Å². The van der Waals surface area contributed by atoms with Crippen LogP contribution in [0.4, 0.5) is 0 Å². The lowest BCUT2D eigenvalue weighted by molar-refractivity contribution is 0.0261. The topological polar surface area (TPSA) is 107 Å². The molecule has 25 heavy (non-hydrogen) atoms. The maximum Gasteiger partial charge on any atom is 0.180 e. The SMILES string of the molecule is O=C1c2c(O)cc(O)cc2O[C@H](c2ccc(O)c(O)c2)C12CCCC2. The summed E-state index contributed by atoms with van der Waals surface area (Å²) in [6.07, 6.45) is 2.28. The predicted octanol–water partition coefficient (Wildman–Crippen LogP) is 3.39. The second-order valence-electron chi connectivity index (χ2n) is 6.78. The molecule has 4 N–H and O–H groups in total. The summed E-state index contributed by atoms with van der Waals surface area (Å²) >= 11 is 0. The predicted molar refractivity (Wildman–Crippen MR) is 88.1 cm³/mol. The van der Waals surface area contributed by atoms with Gasteiger partial charge in [0, 0.05) is 12.1 Å². The highest BCUT2D eigenvalue weighted by Gasteiger charge is 2.54. The summed E-state index contributed by atoms with van der Waals surface area (Å²) in [5.41, 5.74) is -0.164. The van der Waals surface area contributed by atoms with E-state index in [4.69, 9.17) is 4.74 Å². The molecule has 0 bridgehead atoms. The molecule has 1 fully saturated rings. The summed E-state index contributed by atoms with van der Waals surface area (Å²) in [4.78, 5) is 13.3. The van der Waals surface area contributed by atoms with Crippen molar-refractivity contribution < 1.29 is 30.0 Å². The van der Waals surface area contributed by atoms with Gasteiger partial charge in [0.25, 0.3) is 0 Å². The minimum absolute atomic E-state index is 0.0963. The van der Waals surface area contributed by atoms with Crippen molar-refractivity contribution in [2.45, 2.75) is 31.8 Å². The molecule has 4 rings (SSSR count). The van der Waals surface area contributed by atoms with E-state index < -0.39 is 11.5 Å². The normalized spacial score (nSPS) is 21.1. The standard InChI is InChI=1S/C19H18O6/c20-11-8-14(23)16-15(9-11)25-18(10-3-4-12(21)13(22)7-10)19(17(16)24)5-1-2-6-19/h3-4,7-9,18,20-23H,1-2,5-6H2/t18-/m1/s1. The molecule has 1 aliphatic carbocycles. The van der Waals surface area contributed by atoms with E-state index >= 15 is 0 Å². The number of rotatable bonds is 1. The number of phenolic OH excluding ortho intramolecular Hbond substituents is 4. The van der Waals surface area contributed by atoms with Crippen LogP contribution in [-0.2, 0) is 0 Å². The highest BCUT2D eigenvalue weighted by atomic mass is 16.5. The number of carbonyl (C=O) groups is 1. The molecule has 1 atom stereocenters. The Hall–Kier alpha value is -2.89. The van der Waals surface area contributed by atoms with E-state index in [0.717, 1.165) is 18.9 Å². The molecule has 0 radical (unpaired) electrons. The van der Waals surface area contributed by atoms with Crippen molar-refractivity contribution in [2.24, 2.45) is 5.41 Å². The molecule has 6 heteroatoms. The highest BCUT2D eigenvalue weighted by Crippen LogP contribution is 2.57. The average molecular weight is 342 g/mol. The van der Waals surface area contributed by atoms with Crippen molar-refractivity contribution in [3.63, 3.8) is 0 Å². The van der Waals surface area contributed by atoms with Crippen molar-refractivity contribution in [1.29, 1.82) is 0 Å². The number of ketones is 1. The van der Waals surface area contributed by atoms with Gasteiger partial charge in [0.05, 0.1) is 5.41 Å². The van der Waals surface area contributed by atoms with Crippen molar-refractivity contribution in [3.05, 3.63) is 41.5 Å². The fourth-order valence-corrected chi connectivity index (χ4v) is 4.10. The maximum atomic E-state index is 13.3. The quantitative estimate of drug-likeness (QED) is 0.592. The van der Waals surface area contributed by atoms with Crippen LogP contribution in [0.25, 0.3) is 0 Å². The minimum atomic E-state index is -0.829. The number of hydrogen-bond acceptors (Lipinski definition) is 6. The van der Waals surface area contributed by atoms with E-state index in [9.17, 15) is 25.2 Å². The summed E-state index contributed by atoms with van der Waals surface area (Å²) in [5, 5.41) is 39.3. The van der Waals surface area contributed by atoms with Crippen LogP contribution < -0.4 is 4.74 Å². The fraction of sp³-hybridized carbons (Fsp3) is 0.316. The van der Waals surface area contributed by atoms with Gasteiger partial charge in [-0.15, -0.1) is 0 Å². The van der Waals surface area contributed by atoms with Crippen LogP contribution in [0.5, 0.6) is 28.7 Å². The van der Waals surface area contributed by atoms with Gasteiger partial charge in [-0.05, 0) is 30.5 Å². The lowest BCUT2D eigenvalue weighted by Crippen LogP contribution is -2.41. The van der Waals surface area contributed by atoms with Crippen LogP contribution in [0.15, 0.2) is 30.3 Å². The molecule has 130 valence electrons. The Morgan fingerprint density at radius 3 is 2.32 bits per heavy atom. The third-order valence-electron chi connectivity index (χ3n) is 5.29. The Kier molecular flexibility index (Phi) is 3.32. The fourth-order valence-electron chi connectivity index (χ4n) is 4.10. The second-order valence-corrected chi connectivity index (χ2v) is 6.78. The van der Waals surface area contributed by atoms with Gasteiger partial charge in [-0.25, -0.2) is 0 Å². The molecule has 0 unspecified atom stereocenters. The molecular weight excluding hydrogens is 324 g/mol. The van der Waals surface area contributed by atoms with Gasteiger partial charge in [-0.1, -0.05) is 18.9 Å². The maximum absolute atomic E-state index is 13.3. The zero-order chi connectivity index (χ0) is 17.8. The van der Waals surface area contributed by atoms with Crippen LogP contribution in [0, 0.1) is 5.41 Å². The third-order valence-corrected chi connectivity index (χ3v) is 5.29. The van der Waals surface area contributed by atoms with E-state index in [1.54, 1.807) is 6.07 Å². The Morgan fingerprint density at radius 2 is 1.64 bits per heavy atom. The first-order valence-electron chi connectivity index (χ1n) is 8.22. The van der Waals surface area contributed by atoms with Gasteiger partial charge >= 0.3 is 0 Å². The van der Waals surface area contributed by atoms with E-state index in [1.165, 1.54) is 18.2 Å². The summed E-state index contributed by atoms with van der Waals surface area (Å²) in [5.74, 6) is -1.11. The van der Waals surface area contributed by atoms with Crippen LogP contribution in [0.1, 0.15) is 47.7 Å². The number of carbonyl (C=O) groups excluding carboxylic acids is 1. The summed E-state index contributed by atoms with van der Waals surface area (Å²) < 4.78 is 6.05. The van der Waals surface area contributed by atoms with E-state index in [2.05, 4.69) is 0 Å². The number of fused-ring (bicyclic) bond motifs is 1. The third kappa shape index (κ3) is 2.21. The number of Topliss-reactive ketones (excluding diaryl/α,β-unsaturated/α-hetero) is 1. The van der Waals surface area contributed by atoms with Gasteiger partial charge < -0.3 is 25.2 Å². The van der Waals surface area contributed by atoms with Crippen LogP contribution >= 0.6 is 0 Å². The van der Waals surface area contributed by atoms with Crippen molar-refractivity contribution >= 4 is 5.78 Å². The molecule has 1 spiro atoms. The van der Waals surface area contributed by atoms with Crippen molar-refractivity contribution in [3.8, 4) is 28.7 Å². The summed E-state index contributed by atoms with van der Waals surface area (Å²) in [6, 6.07) is 6.80. The molecule has 6 nitrogen and oxygen atoms in total. The molecule has 2 aromatic carbocycles. The first-order chi connectivity index (χ1) is 11.9. The molecule has 0 amide bonds. The molecule has 2 aromatic rings. The second kappa shape index (κ2) is 5.31. The lowest BCUT2D eigenvalue weighted by atomic mass is 9.70. The minimum Gasteiger partial charge on any atom is -0.508 e. The van der Waals surface area contributed by atoms with E-state index in [-0.39, 0.29) is 40.1 Å². The number of phenols is 4. The van der Waals surface area contributed by atoms with Gasteiger partial charge in [-0.2, -0.15) is 0 Å². The summed E-state index contributed by atoms with van der Waals surface area (Å²) in [7, 11) is 0. The van der Waals surface area contributed by atoms with Crippen LogP contribution in [0.3, 0.4) is 0 Å². The molecule has 0 saturated heterocycles.